The van der Waals surface area contributed by atoms with Gasteiger partial charge in [-0.25, -0.2) is 0 Å². The van der Waals surface area contributed by atoms with Crippen molar-refractivity contribution in [2.24, 2.45) is 5.92 Å². The van der Waals surface area contributed by atoms with Gasteiger partial charge >= 0.3 is 0 Å². The molecule has 0 aromatic heterocycles. The number of hydrogen-bond donors (Lipinski definition) is 0. The molecule has 0 heterocycles. The maximum Gasteiger partial charge on any atom is 0.295 e. The molecule has 64 valence electrons. The first kappa shape index (κ1) is 9.87. The van der Waals surface area contributed by atoms with Crippen LogP contribution in [0.2, 0.25) is 0 Å². The van der Waals surface area contributed by atoms with Crippen LogP contribution in [-0.2, 0) is 9.63 Å². The number of rotatable bonds is 4. The van der Waals surface area contributed by atoms with E-state index in [1.807, 2.05) is 0 Å². The minimum Gasteiger partial charge on any atom is -0.303 e. The highest BCUT2D eigenvalue weighted by molar-refractivity contribution is 5.84. The molecule has 0 saturated heterocycles. The van der Waals surface area contributed by atoms with E-state index in [9.17, 15) is 14.9 Å². The predicted molar refractivity (Wildman–Crippen MR) is 37.4 cm³/mol. The van der Waals surface area contributed by atoms with Crippen molar-refractivity contribution < 1.29 is 14.7 Å². The monoisotopic (exact) mass is 161 g/mol. The van der Waals surface area contributed by atoms with E-state index in [0.29, 0.717) is 0 Å². The van der Waals surface area contributed by atoms with E-state index < -0.39 is 11.2 Å². The van der Waals surface area contributed by atoms with E-state index in [0.717, 1.165) is 0 Å². The van der Waals surface area contributed by atoms with Crippen molar-refractivity contribution in [2.45, 2.75) is 26.9 Å². The molecule has 5 nitrogen and oxygen atoms in total. The van der Waals surface area contributed by atoms with Crippen molar-refractivity contribution in [3.8, 4) is 0 Å². The minimum absolute atomic E-state index is 0.232. The van der Waals surface area contributed by atoms with Gasteiger partial charge in [-0.2, -0.15) is 0 Å². The van der Waals surface area contributed by atoms with Crippen molar-refractivity contribution in [1.82, 2.24) is 0 Å². The molecule has 0 amide bonds. The predicted octanol–water partition coefficient (Wildman–Crippen LogP) is 0.808. The summed E-state index contributed by atoms with van der Waals surface area (Å²) in [5, 5.41) is 8.81. The minimum atomic E-state index is -0.954. The lowest BCUT2D eigenvalue weighted by atomic mass is 10.1. The van der Waals surface area contributed by atoms with Crippen molar-refractivity contribution in [1.29, 1.82) is 0 Å². The highest BCUT2D eigenvalue weighted by atomic mass is 17.0. The van der Waals surface area contributed by atoms with Crippen LogP contribution in [0.5, 0.6) is 0 Å². The Morgan fingerprint density at radius 1 is 1.45 bits per heavy atom. The summed E-state index contributed by atoms with van der Waals surface area (Å²) in [6.45, 7) is 4.70. The Morgan fingerprint density at radius 3 is 2.18 bits per heavy atom. The zero-order valence-corrected chi connectivity index (χ0v) is 6.73. The molecule has 0 aliphatic carbocycles. The van der Waals surface area contributed by atoms with Gasteiger partial charge < -0.3 is 4.84 Å². The molecule has 5 heteroatoms. The van der Waals surface area contributed by atoms with Gasteiger partial charge in [0.1, 0.15) is 0 Å². The molecule has 0 spiro atoms. The normalized spacial score (nSPS) is 12.7. The third-order valence-corrected chi connectivity index (χ3v) is 1.21. The quantitative estimate of drug-likeness (QED) is 0.452. The summed E-state index contributed by atoms with van der Waals surface area (Å²) < 4.78 is 0. The molecule has 0 aliphatic heterocycles. The Kier molecular flexibility index (Phi) is 3.50. The van der Waals surface area contributed by atoms with Gasteiger partial charge in [-0.05, 0) is 6.92 Å². The van der Waals surface area contributed by atoms with Crippen LogP contribution in [0.25, 0.3) is 0 Å². The number of hydrogen-bond acceptors (Lipinski definition) is 4. The Hall–Kier alpha value is -1.13. The largest absolute Gasteiger partial charge is 0.303 e. The number of carbonyl (C=O) groups is 1. The maximum atomic E-state index is 10.9. The van der Waals surface area contributed by atoms with Crippen LogP contribution in [0.4, 0.5) is 0 Å². The average molecular weight is 161 g/mol. The second-order valence-electron chi connectivity index (χ2n) is 2.53. The third kappa shape index (κ3) is 3.54. The standard InChI is InChI=1S/C6H11NO4/c1-4(2)6(8)5(3)11-7(9)10/h4-5H,1-3H3. The van der Waals surface area contributed by atoms with Crippen LogP contribution < -0.4 is 0 Å². The molecular weight excluding hydrogens is 150 g/mol. The molecule has 0 aliphatic rings. The fourth-order valence-electron chi connectivity index (χ4n) is 0.650. The van der Waals surface area contributed by atoms with Crippen molar-refractivity contribution in [3.05, 3.63) is 10.1 Å². The number of ketones is 1. The van der Waals surface area contributed by atoms with Gasteiger partial charge in [0.2, 0.25) is 0 Å². The summed E-state index contributed by atoms with van der Waals surface area (Å²) in [5.41, 5.74) is 0. The Morgan fingerprint density at radius 2 is 1.91 bits per heavy atom. The van der Waals surface area contributed by atoms with Gasteiger partial charge in [0.15, 0.2) is 11.9 Å². The SMILES string of the molecule is CC(C)C(=O)C(C)O[N+](=O)[O-]. The Labute approximate surface area is 64.4 Å². The van der Waals surface area contributed by atoms with Crippen LogP contribution in [0.15, 0.2) is 0 Å². The van der Waals surface area contributed by atoms with Crippen LogP contribution in [-0.4, -0.2) is 17.0 Å². The average Bonchev–Trinajstić information content (AvgIpc) is 1.84. The number of nitrogens with zero attached hydrogens (tertiary/aromatic N) is 1. The third-order valence-electron chi connectivity index (χ3n) is 1.21. The van der Waals surface area contributed by atoms with Crippen molar-refractivity contribution in [3.63, 3.8) is 0 Å². The molecule has 0 bridgehead atoms. The summed E-state index contributed by atoms with van der Waals surface area (Å²) in [5.74, 6) is -0.494. The second-order valence-corrected chi connectivity index (χ2v) is 2.53. The molecule has 0 N–H and O–H groups in total. The lowest BCUT2D eigenvalue weighted by molar-refractivity contribution is -0.763. The lowest BCUT2D eigenvalue weighted by Crippen LogP contribution is -2.27. The van der Waals surface area contributed by atoms with Gasteiger partial charge in [-0.15, -0.1) is 10.1 Å². The number of carbonyl (C=O) groups excluding carboxylic acids is 1. The second kappa shape index (κ2) is 3.90. The van der Waals surface area contributed by atoms with Crippen LogP contribution in [0.3, 0.4) is 0 Å². The Bertz CT molecular complexity index is 166. The summed E-state index contributed by atoms with van der Waals surface area (Å²) in [7, 11) is 0. The maximum absolute atomic E-state index is 10.9. The first-order chi connectivity index (χ1) is 4.95. The molecule has 0 aromatic carbocycles. The summed E-state index contributed by atoms with van der Waals surface area (Å²) in [4.78, 5) is 24.8. The highest BCUT2D eigenvalue weighted by Crippen LogP contribution is 2.02. The number of Topliss-reactive ketones (excluding diaryl/α,β-unsaturated/α-hetero) is 1. The zero-order valence-electron chi connectivity index (χ0n) is 6.73. The first-order valence-corrected chi connectivity index (χ1v) is 3.30. The fraction of sp³-hybridized carbons (Fsp3) is 0.833. The molecule has 0 radical (unpaired) electrons. The fourth-order valence-corrected chi connectivity index (χ4v) is 0.650. The first-order valence-electron chi connectivity index (χ1n) is 3.30. The summed E-state index contributed by atoms with van der Waals surface area (Å²) in [6, 6.07) is 0. The highest BCUT2D eigenvalue weighted by Gasteiger charge is 2.19. The molecular formula is C6H11NO4. The van der Waals surface area contributed by atoms with E-state index in [4.69, 9.17) is 0 Å². The molecule has 1 atom stereocenters. The van der Waals surface area contributed by atoms with E-state index in [1.165, 1.54) is 6.92 Å². The van der Waals surface area contributed by atoms with Gasteiger partial charge in [-0.3, -0.25) is 4.79 Å². The zero-order chi connectivity index (χ0) is 9.02. The van der Waals surface area contributed by atoms with Crippen molar-refractivity contribution in [2.75, 3.05) is 0 Å². The van der Waals surface area contributed by atoms with E-state index >= 15 is 0 Å². The van der Waals surface area contributed by atoms with Gasteiger partial charge in [0.05, 0.1) is 0 Å². The lowest BCUT2D eigenvalue weighted by Gasteiger charge is -2.09. The van der Waals surface area contributed by atoms with E-state index in [2.05, 4.69) is 4.84 Å². The molecule has 0 rings (SSSR count). The molecule has 0 saturated carbocycles. The summed E-state index contributed by atoms with van der Waals surface area (Å²) >= 11 is 0. The van der Waals surface area contributed by atoms with Crippen LogP contribution in [0, 0.1) is 16.0 Å². The topological polar surface area (TPSA) is 69.4 Å². The van der Waals surface area contributed by atoms with Gasteiger partial charge in [0, 0.05) is 5.92 Å². The van der Waals surface area contributed by atoms with E-state index in [1.54, 1.807) is 13.8 Å². The van der Waals surface area contributed by atoms with Crippen LogP contribution >= 0.6 is 0 Å². The molecule has 11 heavy (non-hydrogen) atoms. The Balaban J connectivity index is 3.93. The van der Waals surface area contributed by atoms with Crippen molar-refractivity contribution >= 4 is 5.78 Å². The molecule has 0 fully saturated rings. The van der Waals surface area contributed by atoms with E-state index in [-0.39, 0.29) is 11.7 Å². The van der Waals surface area contributed by atoms with Gasteiger partial charge in [0.25, 0.3) is 5.09 Å². The van der Waals surface area contributed by atoms with Gasteiger partial charge in [-0.1, -0.05) is 13.8 Å². The molecule has 1 unspecified atom stereocenters. The summed E-state index contributed by atoms with van der Waals surface area (Å²) in [6.07, 6.45) is -0.954. The smallest absolute Gasteiger partial charge is 0.295 e. The van der Waals surface area contributed by atoms with Crippen LogP contribution in [0.1, 0.15) is 20.8 Å². The molecule has 0 aromatic rings.